The Balaban J connectivity index is 0.00000280. The molecule has 0 aliphatic carbocycles. The van der Waals surface area contributed by atoms with Gasteiger partial charge in [0.2, 0.25) is 5.91 Å². The monoisotopic (exact) mass is 500 g/mol. The highest BCUT2D eigenvalue weighted by Gasteiger charge is 2.28. The van der Waals surface area contributed by atoms with Crippen LogP contribution in [0.5, 0.6) is 0 Å². The van der Waals surface area contributed by atoms with Gasteiger partial charge in [-0.05, 0) is 37.8 Å². The van der Waals surface area contributed by atoms with Gasteiger partial charge < -0.3 is 19.9 Å². The van der Waals surface area contributed by atoms with Gasteiger partial charge in [0.25, 0.3) is 0 Å². The van der Waals surface area contributed by atoms with Gasteiger partial charge in [-0.3, -0.25) is 9.59 Å². The lowest BCUT2D eigenvalue weighted by Gasteiger charge is -2.33. The molecule has 0 aromatic heterocycles. The second-order valence-electron chi connectivity index (χ2n) is 6.88. The van der Waals surface area contributed by atoms with E-state index in [1.54, 1.807) is 0 Å². The summed E-state index contributed by atoms with van der Waals surface area (Å²) >= 11 is 0. The maximum Gasteiger partial charge on any atom is 0.308 e. The highest BCUT2D eigenvalue weighted by molar-refractivity contribution is 14.0. The minimum Gasteiger partial charge on any atom is -0.469 e. The van der Waals surface area contributed by atoms with Gasteiger partial charge in [0, 0.05) is 31.9 Å². The van der Waals surface area contributed by atoms with Crippen molar-refractivity contribution in [2.75, 3.05) is 44.7 Å². The Morgan fingerprint density at radius 1 is 1.21 bits per heavy atom. The van der Waals surface area contributed by atoms with E-state index in [0.29, 0.717) is 0 Å². The Labute approximate surface area is 183 Å². The molecule has 8 heteroatoms. The summed E-state index contributed by atoms with van der Waals surface area (Å²) in [4.78, 5) is 32.9. The van der Waals surface area contributed by atoms with E-state index < -0.39 is 0 Å². The van der Waals surface area contributed by atoms with Crippen molar-refractivity contribution in [3.8, 4) is 0 Å². The molecule has 154 valence electrons. The second kappa shape index (κ2) is 10.6. The fraction of sp³-hybridized carbons (Fsp3) is 0.550. The van der Waals surface area contributed by atoms with Gasteiger partial charge >= 0.3 is 5.97 Å². The van der Waals surface area contributed by atoms with E-state index >= 15 is 0 Å². The minimum atomic E-state index is -0.139. The van der Waals surface area contributed by atoms with E-state index in [9.17, 15) is 9.59 Å². The third-order valence-corrected chi connectivity index (χ3v) is 5.22. The first kappa shape index (κ1) is 22.4. The number of para-hydroxylation sites is 1. The van der Waals surface area contributed by atoms with Gasteiger partial charge in [-0.25, -0.2) is 4.99 Å². The Morgan fingerprint density at radius 3 is 2.61 bits per heavy atom. The summed E-state index contributed by atoms with van der Waals surface area (Å²) in [6.45, 7) is 5.03. The molecule has 1 amide bonds. The van der Waals surface area contributed by atoms with Gasteiger partial charge in [-0.15, -0.1) is 24.0 Å². The largest absolute Gasteiger partial charge is 0.469 e. The van der Waals surface area contributed by atoms with Crippen LogP contribution in [0.3, 0.4) is 0 Å². The van der Waals surface area contributed by atoms with Crippen molar-refractivity contribution in [2.24, 2.45) is 10.9 Å². The molecule has 2 heterocycles. The minimum absolute atomic E-state index is 0. The summed E-state index contributed by atoms with van der Waals surface area (Å²) in [7, 11) is 1.43. The Morgan fingerprint density at radius 2 is 1.93 bits per heavy atom. The van der Waals surface area contributed by atoms with E-state index in [1.165, 1.54) is 12.7 Å². The van der Waals surface area contributed by atoms with Crippen LogP contribution in [0.1, 0.15) is 25.3 Å². The molecule has 1 N–H and O–H groups in total. The quantitative estimate of drug-likeness (QED) is 0.297. The number of fused-ring (bicyclic) bond motifs is 1. The molecule has 1 fully saturated rings. The molecule has 0 unspecified atom stereocenters. The first-order valence-corrected chi connectivity index (χ1v) is 9.63. The number of esters is 1. The van der Waals surface area contributed by atoms with E-state index in [-0.39, 0.29) is 48.3 Å². The molecule has 0 spiro atoms. The topological polar surface area (TPSA) is 74.2 Å². The van der Waals surface area contributed by atoms with Crippen molar-refractivity contribution < 1.29 is 14.3 Å². The molecule has 1 aromatic rings. The second-order valence-corrected chi connectivity index (χ2v) is 6.88. The molecule has 2 aliphatic heterocycles. The summed E-state index contributed by atoms with van der Waals surface area (Å²) in [5.41, 5.74) is 2.22. The third kappa shape index (κ3) is 5.15. The number of halogens is 1. The van der Waals surface area contributed by atoms with Crippen LogP contribution in [0.4, 0.5) is 5.69 Å². The number of anilines is 1. The van der Waals surface area contributed by atoms with Crippen molar-refractivity contribution in [3.05, 3.63) is 29.8 Å². The number of ether oxygens (including phenoxy) is 1. The van der Waals surface area contributed by atoms with Crippen LogP contribution in [0, 0.1) is 5.92 Å². The maximum absolute atomic E-state index is 12.7. The molecule has 0 atom stereocenters. The van der Waals surface area contributed by atoms with Crippen LogP contribution >= 0.6 is 24.0 Å². The molecule has 0 saturated carbocycles. The van der Waals surface area contributed by atoms with Gasteiger partial charge in [-0.2, -0.15) is 0 Å². The predicted octanol–water partition coefficient (Wildman–Crippen LogP) is 2.04. The van der Waals surface area contributed by atoms with Crippen LogP contribution in [-0.2, 0) is 20.7 Å². The van der Waals surface area contributed by atoms with Crippen molar-refractivity contribution >= 4 is 47.5 Å². The first-order chi connectivity index (χ1) is 13.1. The fourth-order valence-corrected chi connectivity index (χ4v) is 3.74. The smallest absolute Gasteiger partial charge is 0.308 e. The normalized spacial score (nSPS) is 17.0. The van der Waals surface area contributed by atoms with E-state index in [1.807, 2.05) is 30.0 Å². The molecule has 3 rings (SSSR count). The van der Waals surface area contributed by atoms with Crippen molar-refractivity contribution in [2.45, 2.75) is 26.2 Å². The number of hydrogen-bond acceptors (Lipinski definition) is 4. The molecule has 28 heavy (non-hydrogen) atoms. The summed E-state index contributed by atoms with van der Waals surface area (Å²) in [5, 5.41) is 3.26. The van der Waals surface area contributed by atoms with Crippen molar-refractivity contribution in [1.82, 2.24) is 10.2 Å². The number of rotatable bonds is 4. The van der Waals surface area contributed by atoms with Crippen molar-refractivity contribution in [1.29, 1.82) is 0 Å². The fourth-order valence-electron chi connectivity index (χ4n) is 3.74. The number of amides is 1. The number of hydrogen-bond donors (Lipinski definition) is 1. The van der Waals surface area contributed by atoms with Gasteiger partial charge in [0.05, 0.1) is 13.0 Å². The number of guanidine groups is 1. The number of nitrogens with zero attached hydrogens (tertiary/aromatic N) is 3. The average molecular weight is 500 g/mol. The van der Waals surface area contributed by atoms with Crippen LogP contribution in [0.15, 0.2) is 29.3 Å². The van der Waals surface area contributed by atoms with Crippen LogP contribution in [-0.4, -0.2) is 62.6 Å². The molecule has 7 nitrogen and oxygen atoms in total. The Hall–Kier alpha value is -1.84. The van der Waals surface area contributed by atoms with E-state index in [0.717, 1.165) is 57.1 Å². The SMILES string of the molecule is CCNC(=NCC(=O)N1CCc2ccccc21)N1CCC(C(=O)OC)CC1.I. The highest BCUT2D eigenvalue weighted by Crippen LogP contribution is 2.27. The Kier molecular flexibility index (Phi) is 8.53. The molecule has 1 saturated heterocycles. The number of aliphatic imine (C=N–C) groups is 1. The zero-order valence-electron chi connectivity index (χ0n) is 16.5. The molecular weight excluding hydrogens is 471 g/mol. The molecule has 2 aliphatic rings. The van der Waals surface area contributed by atoms with Gasteiger partial charge in [0.15, 0.2) is 5.96 Å². The number of carbonyl (C=O) groups excluding carboxylic acids is 2. The molecule has 0 radical (unpaired) electrons. The maximum atomic E-state index is 12.7. The predicted molar refractivity (Wildman–Crippen MR) is 120 cm³/mol. The lowest BCUT2D eigenvalue weighted by molar-refractivity contribution is -0.146. The lowest BCUT2D eigenvalue weighted by atomic mass is 9.97. The summed E-state index contributed by atoms with van der Waals surface area (Å²) in [6.07, 6.45) is 2.38. The zero-order valence-corrected chi connectivity index (χ0v) is 18.8. The molecular formula is C20H29IN4O3. The summed E-state index contributed by atoms with van der Waals surface area (Å²) in [6, 6.07) is 8.03. The van der Waals surface area contributed by atoms with Crippen LogP contribution in [0.2, 0.25) is 0 Å². The lowest BCUT2D eigenvalue weighted by Crippen LogP contribution is -2.47. The van der Waals surface area contributed by atoms with E-state index in [4.69, 9.17) is 4.74 Å². The number of benzene rings is 1. The number of nitrogens with one attached hydrogen (secondary N) is 1. The number of likely N-dealkylation sites (tertiary alicyclic amines) is 1. The number of carbonyl (C=O) groups is 2. The van der Waals surface area contributed by atoms with Gasteiger partial charge in [-0.1, -0.05) is 18.2 Å². The Bertz CT molecular complexity index is 717. The first-order valence-electron chi connectivity index (χ1n) is 9.63. The number of piperidine rings is 1. The zero-order chi connectivity index (χ0) is 19.2. The standard InChI is InChI=1S/C20H28N4O3.HI/c1-3-21-20(23-11-8-16(9-12-23)19(26)27-2)22-14-18(25)24-13-10-15-6-4-5-7-17(15)24;/h4-7,16H,3,8-14H2,1-2H3,(H,21,22);1H. The van der Waals surface area contributed by atoms with Crippen LogP contribution in [0.25, 0.3) is 0 Å². The third-order valence-electron chi connectivity index (χ3n) is 5.22. The number of methoxy groups -OCH3 is 1. The van der Waals surface area contributed by atoms with Crippen molar-refractivity contribution in [3.63, 3.8) is 0 Å². The van der Waals surface area contributed by atoms with E-state index in [2.05, 4.69) is 21.3 Å². The average Bonchev–Trinajstić information content (AvgIpc) is 3.14. The summed E-state index contributed by atoms with van der Waals surface area (Å²) < 4.78 is 4.84. The molecule has 1 aromatic carbocycles. The van der Waals surface area contributed by atoms with Gasteiger partial charge in [0.1, 0.15) is 6.54 Å². The van der Waals surface area contributed by atoms with Crippen LogP contribution < -0.4 is 10.2 Å². The summed E-state index contributed by atoms with van der Waals surface area (Å²) in [5.74, 6) is 0.567. The molecule has 0 bridgehead atoms. The highest BCUT2D eigenvalue weighted by atomic mass is 127.